The number of aliphatic hydroxyl groups excluding tert-OH is 1. The third-order valence-electron chi connectivity index (χ3n) is 7.15. The topological polar surface area (TPSA) is 85.4 Å². The molecule has 1 aliphatic heterocycles. The molecule has 34 heavy (non-hydrogen) atoms. The second-order valence-electron chi connectivity index (χ2n) is 10.2. The Morgan fingerprint density at radius 1 is 1.24 bits per heavy atom. The molecule has 1 aromatic carbocycles. The molecule has 2 aliphatic rings. The number of amides is 3. The molecule has 0 radical (unpaired) electrons. The largest absolute Gasteiger partial charge is 0.488 e. The van der Waals surface area contributed by atoms with Crippen LogP contribution in [0.4, 0.5) is 10.5 Å². The van der Waals surface area contributed by atoms with Gasteiger partial charge in [0.05, 0.1) is 25.6 Å². The van der Waals surface area contributed by atoms with Crippen molar-refractivity contribution in [2.75, 3.05) is 45.7 Å². The van der Waals surface area contributed by atoms with Crippen molar-refractivity contribution in [1.82, 2.24) is 15.1 Å². The van der Waals surface area contributed by atoms with Crippen molar-refractivity contribution in [3.05, 3.63) is 23.8 Å². The lowest BCUT2D eigenvalue weighted by Crippen LogP contribution is -2.50. The van der Waals surface area contributed by atoms with Gasteiger partial charge in [-0.25, -0.2) is 4.79 Å². The molecule has 2 N–H and O–H groups in total. The lowest BCUT2D eigenvalue weighted by Gasteiger charge is -2.34. The summed E-state index contributed by atoms with van der Waals surface area (Å²) in [6, 6.07) is 5.76. The number of benzene rings is 1. The monoisotopic (exact) mass is 474 g/mol. The molecule has 1 aliphatic carbocycles. The van der Waals surface area contributed by atoms with Crippen LogP contribution < -0.4 is 15.0 Å². The second kappa shape index (κ2) is 11.8. The average Bonchev–Trinajstić information content (AvgIpc) is 2.86. The zero-order valence-corrected chi connectivity index (χ0v) is 21.4. The van der Waals surface area contributed by atoms with Gasteiger partial charge in [0, 0.05) is 50.9 Å². The van der Waals surface area contributed by atoms with Gasteiger partial charge < -0.3 is 29.9 Å². The van der Waals surface area contributed by atoms with E-state index in [2.05, 4.69) is 5.32 Å². The summed E-state index contributed by atoms with van der Waals surface area (Å²) in [6.45, 7) is 4.67. The summed E-state index contributed by atoms with van der Waals surface area (Å²) < 4.78 is 6.50. The molecule has 1 heterocycles. The number of ether oxygens (including phenoxy) is 1. The van der Waals surface area contributed by atoms with Crippen LogP contribution in [0.2, 0.25) is 0 Å². The molecule has 0 aromatic heterocycles. The summed E-state index contributed by atoms with van der Waals surface area (Å²) >= 11 is 0. The molecule has 190 valence electrons. The number of rotatable bonds is 6. The maximum absolute atomic E-state index is 13.2. The minimum Gasteiger partial charge on any atom is -0.488 e. The summed E-state index contributed by atoms with van der Waals surface area (Å²) in [7, 11) is 5.73. The van der Waals surface area contributed by atoms with Crippen molar-refractivity contribution in [2.24, 2.45) is 5.92 Å². The molecule has 0 saturated heterocycles. The van der Waals surface area contributed by atoms with Crippen molar-refractivity contribution in [2.45, 2.75) is 70.6 Å². The number of carbonyl (C=O) groups excluding carboxylic acids is 2. The molecule has 1 fully saturated rings. The van der Waals surface area contributed by atoms with Crippen molar-refractivity contribution >= 4 is 17.6 Å². The van der Waals surface area contributed by atoms with Crippen LogP contribution in [0, 0.1) is 5.92 Å². The smallest absolute Gasteiger partial charge is 0.317 e. The molecule has 0 bridgehead atoms. The van der Waals surface area contributed by atoms with Gasteiger partial charge in [0.15, 0.2) is 0 Å². The molecular weight excluding hydrogens is 432 g/mol. The molecule has 0 spiro atoms. The number of hydrogen-bond acceptors (Lipinski definition) is 5. The van der Waals surface area contributed by atoms with E-state index in [1.54, 1.807) is 16.8 Å². The summed E-state index contributed by atoms with van der Waals surface area (Å²) in [4.78, 5) is 31.6. The van der Waals surface area contributed by atoms with Gasteiger partial charge in [0.1, 0.15) is 11.9 Å². The first-order valence-electron chi connectivity index (χ1n) is 12.6. The summed E-state index contributed by atoms with van der Waals surface area (Å²) in [6.07, 6.45) is 5.54. The average molecular weight is 475 g/mol. The number of nitrogens with one attached hydrogen (secondary N) is 1. The highest BCUT2D eigenvalue weighted by molar-refractivity contribution is 5.80. The number of carbonyl (C=O) groups is 2. The van der Waals surface area contributed by atoms with Gasteiger partial charge in [-0.1, -0.05) is 26.2 Å². The lowest BCUT2D eigenvalue weighted by molar-refractivity contribution is -0.134. The van der Waals surface area contributed by atoms with Crippen molar-refractivity contribution in [3.8, 4) is 5.75 Å². The predicted octanol–water partition coefficient (Wildman–Crippen LogP) is 2.88. The highest BCUT2D eigenvalue weighted by Gasteiger charge is 2.32. The van der Waals surface area contributed by atoms with Crippen LogP contribution in [0.15, 0.2) is 18.2 Å². The SMILES string of the molecule is C[C@@H]1CN([C@@H](C)CO)C(=O)Cc2cc(N(C)C)ccc2O[C@@H]1CN(C)C(=O)NC1CCCCC1. The van der Waals surface area contributed by atoms with E-state index in [0.717, 1.165) is 36.9 Å². The van der Waals surface area contributed by atoms with Gasteiger partial charge in [0.25, 0.3) is 0 Å². The molecule has 3 amide bonds. The first-order chi connectivity index (χ1) is 16.2. The Kier molecular flexibility index (Phi) is 9.05. The number of urea groups is 1. The van der Waals surface area contributed by atoms with Crippen LogP contribution >= 0.6 is 0 Å². The number of anilines is 1. The fourth-order valence-electron chi connectivity index (χ4n) is 4.80. The van der Waals surface area contributed by atoms with Crippen molar-refractivity contribution in [3.63, 3.8) is 0 Å². The van der Waals surface area contributed by atoms with Gasteiger partial charge >= 0.3 is 6.03 Å². The standard InChI is InChI=1S/C26H42N4O4/c1-18-15-30(19(2)17-31)25(32)14-20-13-22(28(3)4)11-12-23(20)34-24(18)16-29(5)26(33)27-21-9-7-6-8-10-21/h11-13,18-19,21,24,31H,6-10,14-17H2,1-5H3,(H,27,33)/t18-,19+,24-/m1/s1. The number of hydrogen-bond donors (Lipinski definition) is 2. The van der Waals surface area contributed by atoms with Crippen molar-refractivity contribution < 1.29 is 19.4 Å². The maximum atomic E-state index is 13.2. The lowest BCUT2D eigenvalue weighted by atomic mass is 9.96. The van der Waals surface area contributed by atoms with Gasteiger partial charge in [-0.05, 0) is 38.0 Å². The van der Waals surface area contributed by atoms with Crippen LogP contribution in [-0.4, -0.2) is 85.9 Å². The number of likely N-dealkylation sites (N-methyl/N-ethyl adjacent to an activating group) is 1. The Labute approximate surface area is 204 Å². The van der Waals surface area contributed by atoms with E-state index in [9.17, 15) is 14.7 Å². The summed E-state index contributed by atoms with van der Waals surface area (Å²) in [5.41, 5.74) is 1.81. The highest BCUT2D eigenvalue weighted by atomic mass is 16.5. The van der Waals surface area contributed by atoms with E-state index < -0.39 is 0 Å². The third-order valence-corrected chi connectivity index (χ3v) is 7.15. The van der Waals surface area contributed by atoms with Crippen LogP contribution in [0.5, 0.6) is 5.75 Å². The van der Waals surface area contributed by atoms with Crippen LogP contribution in [0.25, 0.3) is 0 Å². The van der Waals surface area contributed by atoms with Crippen molar-refractivity contribution in [1.29, 1.82) is 0 Å². The van der Waals surface area contributed by atoms with Gasteiger partial charge in [-0.2, -0.15) is 0 Å². The van der Waals surface area contributed by atoms with E-state index in [1.807, 2.05) is 51.0 Å². The van der Waals surface area contributed by atoms with E-state index in [4.69, 9.17) is 4.74 Å². The van der Waals surface area contributed by atoms with E-state index >= 15 is 0 Å². The van der Waals surface area contributed by atoms with Gasteiger partial charge in [-0.3, -0.25) is 4.79 Å². The fourth-order valence-corrected chi connectivity index (χ4v) is 4.80. The van der Waals surface area contributed by atoms with Crippen LogP contribution in [-0.2, 0) is 11.2 Å². The highest BCUT2D eigenvalue weighted by Crippen LogP contribution is 2.30. The van der Waals surface area contributed by atoms with Crippen LogP contribution in [0.3, 0.4) is 0 Å². The molecule has 8 nitrogen and oxygen atoms in total. The fraction of sp³-hybridized carbons (Fsp3) is 0.692. The summed E-state index contributed by atoms with van der Waals surface area (Å²) in [5.74, 6) is 0.607. The van der Waals surface area contributed by atoms with E-state index in [1.165, 1.54) is 6.42 Å². The maximum Gasteiger partial charge on any atom is 0.317 e. The summed E-state index contributed by atoms with van der Waals surface area (Å²) in [5, 5.41) is 13.0. The van der Waals surface area contributed by atoms with Gasteiger partial charge in [0.2, 0.25) is 5.91 Å². The Morgan fingerprint density at radius 2 is 1.94 bits per heavy atom. The Balaban J connectivity index is 1.83. The normalized spacial score (nSPS) is 22.5. The minimum atomic E-state index is -0.301. The number of aliphatic hydroxyl groups is 1. The molecule has 0 unspecified atom stereocenters. The second-order valence-corrected chi connectivity index (χ2v) is 10.2. The van der Waals surface area contributed by atoms with E-state index in [-0.39, 0.29) is 49.1 Å². The zero-order valence-electron chi connectivity index (χ0n) is 21.4. The molecular formula is C26H42N4O4. The molecule has 1 aromatic rings. The Bertz CT molecular complexity index is 840. The van der Waals surface area contributed by atoms with E-state index in [0.29, 0.717) is 18.8 Å². The molecule has 3 rings (SSSR count). The first-order valence-corrected chi connectivity index (χ1v) is 12.6. The Hall–Kier alpha value is -2.48. The first kappa shape index (κ1) is 26.1. The Morgan fingerprint density at radius 3 is 2.59 bits per heavy atom. The number of nitrogens with zero attached hydrogens (tertiary/aromatic N) is 3. The quantitative estimate of drug-likeness (QED) is 0.662. The molecule has 3 atom stereocenters. The number of fused-ring (bicyclic) bond motifs is 1. The third kappa shape index (κ3) is 6.56. The zero-order chi connectivity index (χ0) is 24.8. The van der Waals surface area contributed by atoms with Crippen LogP contribution in [0.1, 0.15) is 51.5 Å². The molecule has 8 heteroatoms. The predicted molar refractivity (Wildman–Crippen MR) is 134 cm³/mol. The van der Waals surface area contributed by atoms with Gasteiger partial charge in [-0.15, -0.1) is 0 Å². The minimum absolute atomic E-state index is 0.0294. The molecule has 1 saturated carbocycles.